The summed E-state index contributed by atoms with van der Waals surface area (Å²) < 4.78 is 7.66. The Morgan fingerprint density at radius 3 is 2.55 bits per heavy atom. The molecule has 1 heterocycles. The standard InChI is InChI=1S/C8H4I2O/c9-7-5-3-1-2-4-6(5)11-8(7)10/h1-4H. The van der Waals surface area contributed by atoms with E-state index < -0.39 is 0 Å². The first-order valence-electron chi connectivity index (χ1n) is 3.11. The van der Waals surface area contributed by atoms with E-state index in [1.807, 2.05) is 18.2 Å². The Hall–Kier alpha value is 0.220. The van der Waals surface area contributed by atoms with Crippen LogP contribution >= 0.6 is 45.2 Å². The zero-order chi connectivity index (χ0) is 7.84. The lowest BCUT2D eigenvalue weighted by Crippen LogP contribution is -1.66. The second-order valence-corrected chi connectivity index (χ2v) is 4.24. The Morgan fingerprint density at radius 1 is 1.09 bits per heavy atom. The molecular weight excluding hydrogens is 366 g/mol. The quantitative estimate of drug-likeness (QED) is 0.646. The highest BCUT2D eigenvalue weighted by molar-refractivity contribution is 14.1. The molecule has 1 nitrogen and oxygen atoms in total. The summed E-state index contributed by atoms with van der Waals surface area (Å²) in [6.07, 6.45) is 0. The van der Waals surface area contributed by atoms with Gasteiger partial charge in [-0.3, -0.25) is 0 Å². The van der Waals surface area contributed by atoms with Crippen molar-refractivity contribution in [3.05, 3.63) is 31.6 Å². The lowest BCUT2D eigenvalue weighted by Gasteiger charge is -1.83. The summed E-state index contributed by atoms with van der Waals surface area (Å²) >= 11 is 4.50. The third kappa shape index (κ3) is 1.28. The Bertz CT molecular complexity index is 392. The van der Waals surface area contributed by atoms with Gasteiger partial charge >= 0.3 is 0 Å². The zero-order valence-electron chi connectivity index (χ0n) is 5.47. The van der Waals surface area contributed by atoms with Crippen LogP contribution in [0.15, 0.2) is 28.7 Å². The van der Waals surface area contributed by atoms with Crippen molar-refractivity contribution < 1.29 is 4.42 Å². The number of hydrogen-bond acceptors (Lipinski definition) is 1. The SMILES string of the molecule is Ic1oc2ccccc2c1I. The Labute approximate surface area is 91.4 Å². The molecule has 3 heteroatoms. The van der Waals surface area contributed by atoms with E-state index in [2.05, 4.69) is 51.2 Å². The number of fused-ring (bicyclic) bond motifs is 1. The van der Waals surface area contributed by atoms with Crippen LogP contribution in [0.25, 0.3) is 11.0 Å². The largest absolute Gasteiger partial charge is 0.449 e. The van der Waals surface area contributed by atoms with Crippen molar-refractivity contribution in [1.82, 2.24) is 0 Å². The number of benzene rings is 1. The molecule has 0 atom stereocenters. The van der Waals surface area contributed by atoms with E-state index in [1.54, 1.807) is 0 Å². The second-order valence-electron chi connectivity index (χ2n) is 2.19. The molecule has 0 fully saturated rings. The minimum atomic E-state index is 0.973. The highest BCUT2D eigenvalue weighted by atomic mass is 127. The summed E-state index contributed by atoms with van der Waals surface area (Å²) in [7, 11) is 0. The number of furan rings is 1. The Kier molecular flexibility index (Phi) is 2.09. The van der Waals surface area contributed by atoms with Crippen LogP contribution in [0.4, 0.5) is 0 Å². The van der Waals surface area contributed by atoms with Crippen molar-refractivity contribution in [3.63, 3.8) is 0 Å². The summed E-state index contributed by atoms with van der Waals surface area (Å²) in [6, 6.07) is 8.07. The van der Waals surface area contributed by atoms with Gasteiger partial charge in [-0.05, 0) is 28.7 Å². The van der Waals surface area contributed by atoms with Gasteiger partial charge in [-0.15, -0.1) is 0 Å². The minimum Gasteiger partial charge on any atom is -0.449 e. The van der Waals surface area contributed by atoms with E-state index in [4.69, 9.17) is 4.42 Å². The maximum atomic E-state index is 5.48. The van der Waals surface area contributed by atoms with Gasteiger partial charge in [0.2, 0.25) is 0 Å². The highest BCUT2D eigenvalue weighted by Gasteiger charge is 2.06. The molecule has 0 unspecified atom stereocenters. The lowest BCUT2D eigenvalue weighted by molar-refractivity contribution is 0.581. The topological polar surface area (TPSA) is 13.1 Å². The van der Waals surface area contributed by atoms with Crippen LogP contribution in [0.5, 0.6) is 0 Å². The van der Waals surface area contributed by atoms with Crippen molar-refractivity contribution in [1.29, 1.82) is 0 Å². The molecule has 0 spiro atoms. The average Bonchev–Trinajstić information content (AvgIpc) is 2.30. The molecule has 2 aromatic rings. The summed E-state index contributed by atoms with van der Waals surface area (Å²) in [5.41, 5.74) is 0.973. The van der Waals surface area contributed by atoms with Crippen LogP contribution in [0.2, 0.25) is 0 Å². The molecule has 11 heavy (non-hydrogen) atoms. The predicted octanol–water partition coefficient (Wildman–Crippen LogP) is 3.64. The molecule has 1 aromatic carbocycles. The molecule has 0 aliphatic carbocycles. The van der Waals surface area contributed by atoms with Crippen LogP contribution < -0.4 is 0 Å². The molecule has 0 aliphatic heterocycles. The van der Waals surface area contributed by atoms with Crippen LogP contribution in [0, 0.1) is 7.34 Å². The first kappa shape index (κ1) is 7.85. The molecule has 56 valence electrons. The van der Waals surface area contributed by atoms with Crippen LogP contribution in [-0.2, 0) is 0 Å². The summed E-state index contributed by atoms with van der Waals surface area (Å²) in [6.45, 7) is 0. The summed E-state index contributed by atoms with van der Waals surface area (Å²) in [5.74, 6) is 0. The molecular formula is C8H4I2O. The van der Waals surface area contributed by atoms with Crippen molar-refractivity contribution in [3.8, 4) is 0 Å². The van der Waals surface area contributed by atoms with Crippen molar-refractivity contribution in [2.75, 3.05) is 0 Å². The van der Waals surface area contributed by atoms with Gasteiger partial charge in [-0.1, -0.05) is 18.2 Å². The second kappa shape index (κ2) is 2.93. The van der Waals surface area contributed by atoms with Crippen LogP contribution in [0.3, 0.4) is 0 Å². The average molecular weight is 370 g/mol. The third-order valence-corrected chi connectivity index (χ3v) is 4.36. The van der Waals surface area contributed by atoms with E-state index in [-0.39, 0.29) is 0 Å². The van der Waals surface area contributed by atoms with Crippen LogP contribution in [-0.4, -0.2) is 0 Å². The normalized spacial score (nSPS) is 10.7. The number of halogens is 2. The van der Waals surface area contributed by atoms with E-state index in [0.717, 1.165) is 9.35 Å². The first-order valence-corrected chi connectivity index (χ1v) is 5.27. The first-order chi connectivity index (χ1) is 5.29. The molecule has 0 N–H and O–H groups in total. The van der Waals surface area contributed by atoms with Gasteiger partial charge in [0.25, 0.3) is 0 Å². The van der Waals surface area contributed by atoms with Crippen molar-refractivity contribution >= 4 is 56.2 Å². The fourth-order valence-corrected chi connectivity index (χ4v) is 2.07. The fourth-order valence-electron chi connectivity index (χ4n) is 0.984. The van der Waals surface area contributed by atoms with Gasteiger partial charge in [0.15, 0.2) is 3.77 Å². The maximum absolute atomic E-state index is 5.48. The maximum Gasteiger partial charge on any atom is 0.178 e. The van der Waals surface area contributed by atoms with Gasteiger partial charge < -0.3 is 4.42 Å². The molecule has 1 aromatic heterocycles. The molecule has 2 rings (SSSR count). The highest BCUT2D eigenvalue weighted by Crippen LogP contribution is 2.27. The smallest absolute Gasteiger partial charge is 0.178 e. The lowest BCUT2D eigenvalue weighted by atomic mass is 10.3. The molecule has 0 saturated heterocycles. The van der Waals surface area contributed by atoms with Gasteiger partial charge in [0, 0.05) is 28.0 Å². The Morgan fingerprint density at radius 2 is 1.82 bits per heavy atom. The van der Waals surface area contributed by atoms with Crippen LogP contribution in [0.1, 0.15) is 0 Å². The minimum absolute atomic E-state index is 0.973. The Balaban J connectivity index is 2.92. The van der Waals surface area contributed by atoms with E-state index in [0.29, 0.717) is 0 Å². The van der Waals surface area contributed by atoms with Gasteiger partial charge in [0.1, 0.15) is 5.58 Å². The molecule has 0 radical (unpaired) electrons. The summed E-state index contributed by atoms with van der Waals surface area (Å²) in [4.78, 5) is 0. The number of rotatable bonds is 0. The molecule has 0 bridgehead atoms. The van der Waals surface area contributed by atoms with E-state index >= 15 is 0 Å². The monoisotopic (exact) mass is 370 g/mol. The molecule has 0 saturated carbocycles. The number of para-hydroxylation sites is 1. The zero-order valence-corrected chi connectivity index (χ0v) is 9.79. The number of hydrogen-bond donors (Lipinski definition) is 0. The van der Waals surface area contributed by atoms with E-state index in [1.165, 1.54) is 8.96 Å². The summed E-state index contributed by atoms with van der Waals surface area (Å²) in [5, 5.41) is 1.21. The van der Waals surface area contributed by atoms with Crippen molar-refractivity contribution in [2.45, 2.75) is 0 Å². The molecule has 0 amide bonds. The van der Waals surface area contributed by atoms with Gasteiger partial charge in [-0.25, -0.2) is 0 Å². The fraction of sp³-hybridized carbons (Fsp3) is 0. The van der Waals surface area contributed by atoms with E-state index in [9.17, 15) is 0 Å². The predicted molar refractivity (Wildman–Crippen MR) is 61.6 cm³/mol. The third-order valence-electron chi connectivity index (χ3n) is 1.50. The van der Waals surface area contributed by atoms with Gasteiger partial charge in [-0.2, -0.15) is 0 Å². The van der Waals surface area contributed by atoms with Gasteiger partial charge in [0.05, 0.1) is 3.57 Å². The molecule has 0 aliphatic rings. The van der Waals surface area contributed by atoms with Crippen molar-refractivity contribution in [2.24, 2.45) is 0 Å².